The van der Waals surface area contributed by atoms with E-state index in [1.54, 1.807) is 0 Å². The van der Waals surface area contributed by atoms with Gasteiger partial charge in [0.05, 0.1) is 6.61 Å². The average molecular weight is 212 g/mol. The van der Waals surface area contributed by atoms with E-state index in [2.05, 4.69) is 17.1 Å². The van der Waals surface area contributed by atoms with Crippen molar-refractivity contribution in [3.63, 3.8) is 0 Å². The summed E-state index contributed by atoms with van der Waals surface area (Å²) in [5.74, 6) is 0.867. The molecule has 3 heteroatoms. The van der Waals surface area contributed by atoms with Gasteiger partial charge in [-0.2, -0.15) is 0 Å². The van der Waals surface area contributed by atoms with Crippen LogP contribution in [0.25, 0.3) is 0 Å². The van der Waals surface area contributed by atoms with Gasteiger partial charge in [-0.15, -0.1) is 0 Å². The first-order chi connectivity index (χ1) is 7.40. The highest BCUT2D eigenvalue weighted by Gasteiger charge is 2.28. The van der Waals surface area contributed by atoms with E-state index in [-0.39, 0.29) is 0 Å². The molecule has 0 aromatic rings. The fraction of sp³-hybridized carbons (Fsp3) is 1.00. The molecule has 0 spiro atoms. The number of likely N-dealkylation sites (tertiary alicyclic amines) is 1. The molecule has 0 aliphatic carbocycles. The second-order valence-electron chi connectivity index (χ2n) is 4.83. The zero-order valence-electron chi connectivity index (χ0n) is 9.87. The topological polar surface area (TPSA) is 24.5 Å². The summed E-state index contributed by atoms with van der Waals surface area (Å²) in [5, 5.41) is 3.46. The van der Waals surface area contributed by atoms with Crippen molar-refractivity contribution in [1.29, 1.82) is 0 Å². The Morgan fingerprint density at radius 3 is 3.07 bits per heavy atom. The molecule has 2 fully saturated rings. The summed E-state index contributed by atoms with van der Waals surface area (Å²) in [6, 6.07) is 0.713. The maximum Gasteiger partial charge on any atom is 0.0621 e. The summed E-state index contributed by atoms with van der Waals surface area (Å²) < 4.78 is 5.55. The molecule has 0 amide bonds. The molecule has 88 valence electrons. The first-order valence-corrected chi connectivity index (χ1v) is 6.42. The van der Waals surface area contributed by atoms with Crippen molar-refractivity contribution in [3.05, 3.63) is 0 Å². The molecule has 2 rings (SSSR count). The van der Waals surface area contributed by atoms with E-state index in [9.17, 15) is 0 Å². The van der Waals surface area contributed by atoms with E-state index in [0.717, 1.165) is 25.7 Å². The maximum atomic E-state index is 5.55. The molecule has 2 saturated heterocycles. The molecule has 1 N–H and O–H groups in total. The lowest BCUT2D eigenvalue weighted by Crippen LogP contribution is -2.40. The quantitative estimate of drug-likeness (QED) is 0.755. The van der Waals surface area contributed by atoms with Crippen LogP contribution in [0.1, 0.15) is 26.2 Å². The first kappa shape index (κ1) is 11.4. The largest absolute Gasteiger partial charge is 0.380 e. The standard InChI is InChI=1S/C12H24N2O/c1-2-13-8-11-5-6-14(9-11)12-4-3-7-15-10-12/h11-13H,2-10H2,1H3. The molecule has 0 aromatic heterocycles. The number of hydrogen-bond donors (Lipinski definition) is 1. The molecule has 2 heterocycles. The Balaban J connectivity index is 1.71. The van der Waals surface area contributed by atoms with E-state index in [0.29, 0.717) is 6.04 Å². The minimum absolute atomic E-state index is 0.713. The van der Waals surface area contributed by atoms with Gasteiger partial charge in [0.2, 0.25) is 0 Å². The Morgan fingerprint density at radius 1 is 1.40 bits per heavy atom. The van der Waals surface area contributed by atoms with Crippen LogP contribution < -0.4 is 5.32 Å². The lowest BCUT2D eigenvalue weighted by molar-refractivity contribution is 0.0255. The second kappa shape index (κ2) is 5.83. The van der Waals surface area contributed by atoms with Crippen LogP contribution in [-0.2, 0) is 4.74 Å². The monoisotopic (exact) mass is 212 g/mol. The highest BCUT2D eigenvalue weighted by Crippen LogP contribution is 2.22. The highest BCUT2D eigenvalue weighted by atomic mass is 16.5. The fourth-order valence-electron chi connectivity index (χ4n) is 2.72. The number of rotatable bonds is 4. The number of nitrogens with zero attached hydrogens (tertiary/aromatic N) is 1. The Kier molecular flexibility index (Phi) is 4.42. The molecule has 3 nitrogen and oxygen atoms in total. The summed E-state index contributed by atoms with van der Waals surface area (Å²) in [6.07, 6.45) is 3.95. The molecule has 0 saturated carbocycles. The van der Waals surface area contributed by atoms with Crippen LogP contribution in [-0.4, -0.2) is 50.3 Å². The van der Waals surface area contributed by atoms with Crippen LogP contribution >= 0.6 is 0 Å². The molecule has 0 radical (unpaired) electrons. The predicted molar refractivity (Wildman–Crippen MR) is 62.1 cm³/mol. The zero-order valence-corrected chi connectivity index (χ0v) is 9.87. The van der Waals surface area contributed by atoms with Crippen LogP contribution in [0.2, 0.25) is 0 Å². The van der Waals surface area contributed by atoms with E-state index in [1.807, 2.05) is 0 Å². The average Bonchev–Trinajstić information content (AvgIpc) is 2.76. The van der Waals surface area contributed by atoms with Crippen LogP contribution in [0.4, 0.5) is 0 Å². The predicted octanol–water partition coefficient (Wildman–Crippen LogP) is 1.10. The van der Waals surface area contributed by atoms with Crippen molar-refractivity contribution in [2.45, 2.75) is 32.2 Å². The molecule has 2 unspecified atom stereocenters. The fourth-order valence-corrected chi connectivity index (χ4v) is 2.72. The smallest absolute Gasteiger partial charge is 0.0621 e. The van der Waals surface area contributed by atoms with Gasteiger partial charge in [0.1, 0.15) is 0 Å². The Bertz CT molecular complexity index is 180. The van der Waals surface area contributed by atoms with Crippen LogP contribution in [0, 0.1) is 5.92 Å². The molecule has 2 aliphatic heterocycles. The third-order valence-electron chi connectivity index (χ3n) is 3.65. The lowest BCUT2D eigenvalue weighted by Gasteiger charge is -2.31. The van der Waals surface area contributed by atoms with Gasteiger partial charge in [0.15, 0.2) is 0 Å². The van der Waals surface area contributed by atoms with Gasteiger partial charge < -0.3 is 10.1 Å². The Labute approximate surface area is 93.2 Å². The third kappa shape index (κ3) is 3.16. The number of ether oxygens (including phenoxy) is 1. The van der Waals surface area contributed by atoms with Crippen molar-refractivity contribution in [2.24, 2.45) is 5.92 Å². The van der Waals surface area contributed by atoms with Crippen molar-refractivity contribution < 1.29 is 4.74 Å². The van der Waals surface area contributed by atoms with Crippen molar-refractivity contribution in [1.82, 2.24) is 10.2 Å². The van der Waals surface area contributed by atoms with Gasteiger partial charge in [-0.25, -0.2) is 0 Å². The maximum absolute atomic E-state index is 5.55. The molecule has 15 heavy (non-hydrogen) atoms. The minimum atomic E-state index is 0.713. The Hall–Kier alpha value is -0.120. The molecule has 2 atom stereocenters. The van der Waals surface area contributed by atoms with Gasteiger partial charge in [0.25, 0.3) is 0 Å². The van der Waals surface area contributed by atoms with Crippen molar-refractivity contribution in [3.8, 4) is 0 Å². The molecular weight excluding hydrogens is 188 g/mol. The lowest BCUT2D eigenvalue weighted by atomic mass is 10.1. The van der Waals surface area contributed by atoms with Crippen molar-refractivity contribution in [2.75, 3.05) is 39.4 Å². The Morgan fingerprint density at radius 2 is 2.33 bits per heavy atom. The number of hydrogen-bond acceptors (Lipinski definition) is 3. The first-order valence-electron chi connectivity index (χ1n) is 6.42. The normalized spacial score (nSPS) is 33.4. The van der Waals surface area contributed by atoms with Gasteiger partial charge in [0, 0.05) is 19.2 Å². The minimum Gasteiger partial charge on any atom is -0.380 e. The van der Waals surface area contributed by atoms with Crippen LogP contribution in [0.15, 0.2) is 0 Å². The highest BCUT2D eigenvalue weighted by molar-refractivity contribution is 4.83. The van der Waals surface area contributed by atoms with Gasteiger partial charge >= 0.3 is 0 Å². The van der Waals surface area contributed by atoms with Gasteiger partial charge in [-0.05, 0) is 44.8 Å². The SMILES string of the molecule is CCNCC1CCN(C2CCCOC2)C1. The van der Waals surface area contributed by atoms with E-state index in [1.165, 1.54) is 38.9 Å². The summed E-state index contributed by atoms with van der Waals surface area (Å²) in [7, 11) is 0. The molecule has 2 aliphatic rings. The molecule has 0 bridgehead atoms. The van der Waals surface area contributed by atoms with Gasteiger partial charge in [-0.3, -0.25) is 4.90 Å². The van der Waals surface area contributed by atoms with Gasteiger partial charge in [-0.1, -0.05) is 6.92 Å². The van der Waals surface area contributed by atoms with Crippen LogP contribution in [0.3, 0.4) is 0 Å². The third-order valence-corrected chi connectivity index (χ3v) is 3.65. The molecule has 0 aromatic carbocycles. The van der Waals surface area contributed by atoms with Crippen molar-refractivity contribution >= 4 is 0 Å². The zero-order chi connectivity index (χ0) is 10.5. The van der Waals surface area contributed by atoms with E-state index < -0.39 is 0 Å². The summed E-state index contributed by atoms with van der Waals surface area (Å²) in [6.45, 7) is 8.98. The summed E-state index contributed by atoms with van der Waals surface area (Å²) in [4.78, 5) is 2.64. The van der Waals surface area contributed by atoms with E-state index in [4.69, 9.17) is 4.74 Å². The second-order valence-corrected chi connectivity index (χ2v) is 4.83. The van der Waals surface area contributed by atoms with E-state index >= 15 is 0 Å². The molecular formula is C12H24N2O. The number of nitrogens with one attached hydrogen (secondary N) is 1. The van der Waals surface area contributed by atoms with Crippen LogP contribution in [0.5, 0.6) is 0 Å². The summed E-state index contributed by atoms with van der Waals surface area (Å²) >= 11 is 0. The summed E-state index contributed by atoms with van der Waals surface area (Å²) in [5.41, 5.74) is 0.